The molecule has 98 valence electrons. The van der Waals surface area contributed by atoms with Gasteiger partial charge in [-0.15, -0.1) is 0 Å². The molecule has 4 nitrogen and oxygen atoms in total. The third-order valence-corrected chi connectivity index (χ3v) is 2.63. The summed E-state index contributed by atoms with van der Waals surface area (Å²) in [6.07, 6.45) is 2.93. The Bertz CT molecular complexity index is 570. The summed E-state index contributed by atoms with van der Waals surface area (Å²) in [5.74, 6) is -1.17. The van der Waals surface area contributed by atoms with Crippen molar-refractivity contribution in [3.63, 3.8) is 0 Å². The molecule has 1 aromatic carbocycles. The van der Waals surface area contributed by atoms with E-state index in [1.165, 1.54) is 12.3 Å². The third-order valence-electron chi connectivity index (χ3n) is 2.63. The number of nitrogens with one attached hydrogen (secondary N) is 1. The summed E-state index contributed by atoms with van der Waals surface area (Å²) in [4.78, 5) is 15.4. The van der Waals surface area contributed by atoms with Gasteiger partial charge >= 0.3 is 0 Å². The highest BCUT2D eigenvalue weighted by molar-refractivity contribution is 6.04. The zero-order valence-electron chi connectivity index (χ0n) is 10.1. The van der Waals surface area contributed by atoms with E-state index in [2.05, 4.69) is 10.3 Å². The summed E-state index contributed by atoms with van der Waals surface area (Å²) < 4.78 is 13.4. The predicted octanol–water partition coefficient (Wildman–Crippen LogP) is 2.01. The number of amides is 1. The van der Waals surface area contributed by atoms with Gasteiger partial charge in [0.25, 0.3) is 5.91 Å². The lowest BCUT2D eigenvalue weighted by Crippen LogP contribution is -2.13. The zero-order chi connectivity index (χ0) is 13.7. The van der Waals surface area contributed by atoms with Crippen LogP contribution in [0.1, 0.15) is 15.9 Å². The minimum absolute atomic E-state index is 0.0468. The van der Waals surface area contributed by atoms with E-state index in [1.54, 1.807) is 24.3 Å². The van der Waals surface area contributed by atoms with Crippen molar-refractivity contribution in [3.05, 3.63) is 59.7 Å². The lowest BCUT2D eigenvalue weighted by molar-refractivity contribution is 0.102. The van der Waals surface area contributed by atoms with Gasteiger partial charge in [0.2, 0.25) is 0 Å². The minimum Gasteiger partial charge on any atom is -0.396 e. The topological polar surface area (TPSA) is 62.2 Å². The van der Waals surface area contributed by atoms with Crippen molar-refractivity contribution in [1.29, 1.82) is 0 Å². The van der Waals surface area contributed by atoms with Crippen LogP contribution in [0, 0.1) is 5.82 Å². The molecule has 0 unspecified atom stereocenters. The molecule has 0 aliphatic rings. The number of benzene rings is 1. The van der Waals surface area contributed by atoms with Crippen LogP contribution in [-0.2, 0) is 6.42 Å². The fourth-order valence-electron chi connectivity index (χ4n) is 1.64. The highest BCUT2D eigenvalue weighted by atomic mass is 19.1. The average molecular weight is 260 g/mol. The second kappa shape index (κ2) is 6.06. The van der Waals surface area contributed by atoms with Crippen molar-refractivity contribution in [2.24, 2.45) is 0 Å². The molecule has 0 aliphatic heterocycles. The zero-order valence-corrected chi connectivity index (χ0v) is 10.1. The number of aromatic nitrogens is 1. The van der Waals surface area contributed by atoms with Crippen LogP contribution < -0.4 is 5.32 Å². The van der Waals surface area contributed by atoms with Crippen LogP contribution in [0.25, 0.3) is 0 Å². The Morgan fingerprint density at radius 3 is 2.63 bits per heavy atom. The van der Waals surface area contributed by atoms with E-state index < -0.39 is 11.7 Å². The van der Waals surface area contributed by atoms with E-state index >= 15 is 0 Å². The molecule has 0 aliphatic carbocycles. The molecular formula is C14H13FN2O2. The maximum Gasteiger partial charge on any atom is 0.258 e. The first-order valence-electron chi connectivity index (χ1n) is 5.81. The SMILES string of the molecule is O=C(Nc1ccc(CCO)cc1)c1ccncc1F. The maximum atomic E-state index is 13.4. The summed E-state index contributed by atoms with van der Waals surface area (Å²) in [6.45, 7) is 0.0773. The predicted molar refractivity (Wildman–Crippen MR) is 69.4 cm³/mol. The lowest BCUT2D eigenvalue weighted by atomic mass is 10.1. The molecule has 0 saturated heterocycles. The number of carbonyl (C=O) groups excluding carboxylic acids is 1. The minimum atomic E-state index is -0.656. The van der Waals surface area contributed by atoms with Gasteiger partial charge in [0, 0.05) is 18.5 Å². The normalized spacial score (nSPS) is 10.2. The van der Waals surface area contributed by atoms with Crippen LogP contribution in [0.5, 0.6) is 0 Å². The number of pyridine rings is 1. The van der Waals surface area contributed by atoms with Crippen LogP contribution in [-0.4, -0.2) is 22.6 Å². The van der Waals surface area contributed by atoms with E-state index in [0.29, 0.717) is 12.1 Å². The number of aliphatic hydroxyl groups is 1. The number of nitrogens with zero attached hydrogens (tertiary/aromatic N) is 1. The van der Waals surface area contributed by atoms with Gasteiger partial charge < -0.3 is 10.4 Å². The molecule has 0 fully saturated rings. The monoisotopic (exact) mass is 260 g/mol. The van der Waals surface area contributed by atoms with Gasteiger partial charge in [-0.1, -0.05) is 12.1 Å². The van der Waals surface area contributed by atoms with Crippen molar-refractivity contribution >= 4 is 11.6 Å². The molecule has 0 atom stereocenters. The highest BCUT2D eigenvalue weighted by Gasteiger charge is 2.11. The highest BCUT2D eigenvalue weighted by Crippen LogP contribution is 2.13. The molecule has 1 amide bonds. The van der Waals surface area contributed by atoms with Gasteiger partial charge in [-0.2, -0.15) is 0 Å². The first-order valence-corrected chi connectivity index (χ1v) is 5.81. The summed E-state index contributed by atoms with van der Waals surface area (Å²) in [5, 5.41) is 11.4. The number of halogens is 1. The van der Waals surface area contributed by atoms with Crippen LogP contribution >= 0.6 is 0 Å². The fraction of sp³-hybridized carbons (Fsp3) is 0.143. The van der Waals surface area contributed by atoms with E-state index in [0.717, 1.165) is 11.8 Å². The average Bonchev–Trinajstić information content (AvgIpc) is 2.42. The van der Waals surface area contributed by atoms with Crippen molar-refractivity contribution in [3.8, 4) is 0 Å². The Morgan fingerprint density at radius 2 is 2.00 bits per heavy atom. The van der Waals surface area contributed by atoms with Gasteiger partial charge in [0.05, 0.1) is 11.8 Å². The number of carbonyl (C=O) groups is 1. The van der Waals surface area contributed by atoms with Gasteiger partial charge in [-0.05, 0) is 30.2 Å². The van der Waals surface area contributed by atoms with Crippen LogP contribution in [0.4, 0.5) is 10.1 Å². The van der Waals surface area contributed by atoms with Gasteiger partial charge in [0.15, 0.2) is 5.82 Å². The molecule has 0 bridgehead atoms. The molecule has 2 aromatic rings. The van der Waals surface area contributed by atoms with Crippen molar-refractivity contribution in [2.45, 2.75) is 6.42 Å². The quantitative estimate of drug-likeness (QED) is 0.884. The third kappa shape index (κ3) is 3.35. The molecule has 19 heavy (non-hydrogen) atoms. The number of anilines is 1. The van der Waals surface area contributed by atoms with Crippen molar-refractivity contribution < 1.29 is 14.3 Å². The molecule has 1 heterocycles. The smallest absolute Gasteiger partial charge is 0.258 e. The van der Waals surface area contributed by atoms with Crippen LogP contribution in [0.3, 0.4) is 0 Å². The molecular weight excluding hydrogens is 247 g/mol. The Kier molecular flexibility index (Phi) is 4.20. The van der Waals surface area contributed by atoms with Gasteiger partial charge in [-0.25, -0.2) is 4.39 Å². The standard InChI is InChI=1S/C14H13FN2O2/c15-13-9-16-7-5-12(13)14(19)17-11-3-1-10(2-4-11)6-8-18/h1-5,7,9,18H,6,8H2,(H,17,19). The molecule has 0 saturated carbocycles. The molecule has 1 aromatic heterocycles. The van der Waals surface area contributed by atoms with E-state index in [-0.39, 0.29) is 12.2 Å². The molecule has 2 N–H and O–H groups in total. The summed E-state index contributed by atoms with van der Waals surface area (Å²) in [7, 11) is 0. The van der Waals surface area contributed by atoms with Crippen LogP contribution in [0.15, 0.2) is 42.7 Å². The largest absolute Gasteiger partial charge is 0.396 e. The molecule has 2 rings (SSSR count). The first kappa shape index (κ1) is 13.2. The van der Waals surface area contributed by atoms with Crippen LogP contribution in [0.2, 0.25) is 0 Å². The molecule has 0 radical (unpaired) electrons. The van der Waals surface area contributed by atoms with E-state index in [4.69, 9.17) is 5.11 Å². The fourth-order valence-corrected chi connectivity index (χ4v) is 1.64. The number of hydrogen-bond acceptors (Lipinski definition) is 3. The van der Waals surface area contributed by atoms with Gasteiger partial charge in [-0.3, -0.25) is 9.78 Å². The second-order valence-corrected chi connectivity index (χ2v) is 3.98. The number of aliphatic hydroxyl groups excluding tert-OH is 1. The van der Waals surface area contributed by atoms with E-state index in [1.807, 2.05) is 0 Å². The Morgan fingerprint density at radius 1 is 1.26 bits per heavy atom. The first-order chi connectivity index (χ1) is 9.20. The summed E-state index contributed by atoms with van der Waals surface area (Å²) >= 11 is 0. The van der Waals surface area contributed by atoms with Crippen molar-refractivity contribution in [1.82, 2.24) is 4.98 Å². The lowest BCUT2D eigenvalue weighted by Gasteiger charge is -2.06. The molecule has 0 spiro atoms. The summed E-state index contributed by atoms with van der Waals surface area (Å²) in [5.41, 5.74) is 1.49. The maximum absolute atomic E-state index is 13.4. The summed E-state index contributed by atoms with van der Waals surface area (Å²) in [6, 6.07) is 8.35. The number of hydrogen-bond donors (Lipinski definition) is 2. The van der Waals surface area contributed by atoms with Gasteiger partial charge in [0.1, 0.15) is 0 Å². The Labute approximate surface area is 109 Å². The number of rotatable bonds is 4. The van der Waals surface area contributed by atoms with Crippen molar-refractivity contribution in [2.75, 3.05) is 11.9 Å². The second-order valence-electron chi connectivity index (χ2n) is 3.98. The molecule has 5 heteroatoms. The Balaban J connectivity index is 2.09. The van der Waals surface area contributed by atoms with E-state index in [9.17, 15) is 9.18 Å². The Hall–Kier alpha value is -2.27.